The normalized spacial score (nSPS) is 16.5. The monoisotopic (exact) mass is 290 g/mol. The Labute approximate surface area is 122 Å². The number of hydrogen-bond acceptors (Lipinski definition) is 6. The molecule has 0 radical (unpaired) electrons. The molecule has 7 heteroatoms. The first-order chi connectivity index (χ1) is 10.1. The molecule has 1 aliphatic rings. The van der Waals surface area contributed by atoms with Crippen LogP contribution < -0.4 is 16.2 Å². The number of nitrogens with one attached hydrogen (secondary N) is 1. The van der Waals surface area contributed by atoms with Crippen molar-refractivity contribution < 1.29 is 4.39 Å². The number of hydrogen-bond donors (Lipinski definition) is 2. The number of piperazine rings is 1. The van der Waals surface area contributed by atoms with Gasteiger partial charge in [0.2, 0.25) is 0 Å². The van der Waals surface area contributed by atoms with Crippen molar-refractivity contribution in [2.75, 3.05) is 43.6 Å². The summed E-state index contributed by atoms with van der Waals surface area (Å²) in [5.74, 6) is 6.52. The van der Waals surface area contributed by atoms with E-state index in [9.17, 15) is 4.39 Å². The molecular formula is C14H19FN6. The summed E-state index contributed by atoms with van der Waals surface area (Å²) in [4.78, 5) is 13.4. The number of benzene rings is 1. The van der Waals surface area contributed by atoms with E-state index in [0.29, 0.717) is 28.2 Å². The summed E-state index contributed by atoms with van der Waals surface area (Å²) in [5.41, 5.74) is 4.34. The maximum absolute atomic E-state index is 13.7. The van der Waals surface area contributed by atoms with E-state index in [-0.39, 0.29) is 5.82 Å². The average molecular weight is 290 g/mol. The molecule has 1 saturated heterocycles. The highest BCUT2D eigenvalue weighted by molar-refractivity contribution is 5.81. The Morgan fingerprint density at radius 3 is 2.48 bits per heavy atom. The van der Waals surface area contributed by atoms with Gasteiger partial charge in [-0.15, -0.1) is 0 Å². The molecule has 0 spiro atoms. The van der Waals surface area contributed by atoms with Gasteiger partial charge in [-0.1, -0.05) is 0 Å². The summed E-state index contributed by atoms with van der Waals surface area (Å²) in [7, 11) is 2.09. The smallest absolute Gasteiger partial charge is 0.184 e. The van der Waals surface area contributed by atoms with E-state index >= 15 is 0 Å². The first-order valence-corrected chi connectivity index (χ1v) is 6.96. The lowest BCUT2D eigenvalue weighted by atomic mass is 10.2. The van der Waals surface area contributed by atoms with Gasteiger partial charge in [-0.05, 0) is 25.6 Å². The zero-order valence-electron chi connectivity index (χ0n) is 12.2. The van der Waals surface area contributed by atoms with Gasteiger partial charge in [-0.25, -0.2) is 20.2 Å². The van der Waals surface area contributed by atoms with Crippen LogP contribution in [0.5, 0.6) is 0 Å². The van der Waals surface area contributed by atoms with Gasteiger partial charge in [0.25, 0.3) is 0 Å². The average Bonchev–Trinajstić information content (AvgIpc) is 2.48. The molecule has 1 aromatic heterocycles. The van der Waals surface area contributed by atoms with Crippen molar-refractivity contribution in [2.24, 2.45) is 5.84 Å². The van der Waals surface area contributed by atoms with Crippen molar-refractivity contribution in [3.63, 3.8) is 0 Å². The number of likely N-dealkylation sites (N-methyl/N-ethyl adjacent to an activating group) is 1. The lowest BCUT2D eigenvalue weighted by Crippen LogP contribution is -2.45. The molecule has 2 aromatic rings. The summed E-state index contributed by atoms with van der Waals surface area (Å²) < 4.78 is 13.7. The highest BCUT2D eigenvalue weighted by Gasteiger charge is 2.20. The third kappa shape index (κ3) is 2.62. The zero-order chi connectivity index (χ0) is 15.0. The standard InChI is InChI=1S/C14H19FN6/c1-9-7-11-12(8-10(9)15)18-14(13(17-11)19-16)21-5-3-20(2)4-6-21/h7-8H,3-6,16H2,1-2H3,(H,17,19). The Balaban J connectivity index is 2.06. The number of rotatable bonds is 2. The summed E-state index contributed by atoms with van der Waals surface area (Å²) >= 11 is 0. The number of halogens is 1. The number of anilines is 2. The minimum Gasteiger partial charge on any atom is -0.351 e. The fraction of sp³-hybridized carbons (Fsp3) is 0.429. The van der Waals surface area contributed by atoms with Gasteiger partial charge in [-0.2, -0.15) is 0 Å². The molecule has 2 heterocycles. The first kappa shape index (κ1) is 14.0. The third-order valence-corrected chi connectivity index (χ3v) is 3.87. The Morgan fingerprint density at radius 2 is 1.81 bits per heavy atom. The molecule has 3 N–H and O–H groups in total. The lowest BCUT2D eigenvalue weighted by molar-refractivity contribution is 0.312. The van der Waals surface area contributed by atoms with Crippen LogP contribution in [-0.2, 0) is 0 Å². The fourth-order valence-electron chi connectivity index (χ4n) is 2.51. The topological polar surface area (TPSA) is 70.3 Å². The van der Waals surface area contributed by atoms with Crippen molar-refractivity contribution in [1.82, 2.24) is 14.9 Å². The van der Waals surface area contributed by atoms with E-state index in [2.05, 4.69) is 32.2 Å². The fourth-order valence-corrected chi connectivity index (χ4v) is 2.51. The molecule has 0 saturated carbocycles. The Morgan fingerprint density at radius 1 is 1.14 bits per heavy atom. The maximum Gasteiger partial charge on any atom is 0.184 e. The molecule has 1 fully saturated rings. The third-order valence-electron chi connectivity index (χ3n) is 3.87. The Hall–Kier alpha value is -1.99. The molecule has 0 aliphatic carbocycles. The number of fused-ring (bicyclic) bond motifs is 1. The summed E-state index contributed by atoms with van der Waals surface area (Å²) in [6.07, 6.45) is 0. The van der Waals surface area contributed by atoms with Crippen LogP contribution >= 0.6 is 0 Å². The van der Waals surface area contributed by atoms with Crippen LogP contribution in [0.15, 0.2) is 12.1 Å². The van der Waals surface area contributed by atoms with E-state index < -0.39 is 0 Å². The van der Waals surface area contributed by atoms with E-state index in [0.717, 1.165) is 26.2 Å². The molecule has 0 bridgehead atoms. The summed E-state index contributed by atoms with van der Waals surface area (Å²) in [5, 5.41) is 0. The minimum atomic E-state index is -0.269. The summed E-state index contributed by atoms with van der Waals surface area (Å²) in [6.45, 7) is 5.30. The van der Waals surface area contributed by atoms with Gasteiger partial charge in [0.15, 0.2) is 11.6 Å². The van der Waals surface area contributed by atoms with Crippen molar-refractivity contribution in [2.45, 2.75) is 6.92 Å². The number of aryl methyl sites for hydroxylation is 1. The lowest BCUT2D eigenvalue weighted by Gasteiger charge is -2.33. The molecule has 112 valence electrons. The van der Waals surface area contributed by atoms with Crippen LogP contribution in [0.3, 0.4) is 0 Å². The van der Waals surface area contributed by atoms with Crippen LogP contribution in [0.4, 0.5) is 16.0 Å². The number of nitrogen functional groups attached to an aromatic ring is 1. The zero-order valence-corrected chi connectivity index (χ0v) is 12.2. The van der Waals surface area contributed by atoms with Gasteiger partial charge in [0.05, 0.1) is 11.0 Å². The number of hydrazine groups is 1. The molecule has 21 heavy (non-hydrogen) atoms. The highest BCUT2D eigenvalue weighted by Crippen LogP contribution is 2.26. The van der Waals surface area contributed by atoms with Crippen molar-refractivity contribution in [3.05, 3.63) is 23.5 Å². The van der Waals surface area contributed by atoms with Crippen LogP contribution in [-0.4, -0.2) is 48.1 Å². The van der Waals surface area contributed by atoms with Gasteiger partial charge in [0, 0.05) is 32.2 Å². The predicted octanol–water partition coefficient (Wildman–Crippen LogP) is 1.11. The summed E-state index contributed by atoms with van der Waals surface area (Å²) in [6, 6.07) is 3.11. The molecule has 6 nitrogen and oxygen atoms in total. The number of nitrogens with zero attached hydrogens (tertiary/aromatic N) is 4. The van der Waals surface area contributed by atoms with E-state index in [4.69, 9.17) is 5.84 Å². The second-order valence-corrected chi connectivity index (χ2v) is 5.42. The minimum absolute atomic E-state index is 0.269. The van der Waals surface area contributed by atoms with Gasteiger partial charge >= 0.3 is 0 Å². The Kier molecular flexibility index (Phi) is 3.60. The van der Waals surface area contributed by atoms with E-state index in [1.165, 1.54) is 6.07 Å². The second kappa shape index (κ2) is 5.42. The van der Waals surface area contributed by atoms with Crippen LogP contribution in [0.2, 0.25) is 0 Å². The first-order valence-electron chi connectivity index (χ1n) is 6.96. The SMILES string of the molecule is Cc1cc2nc(NN)c(N3CCN(C)CC3)nc2cc1F. The number of aromatic nitrogens is 2. The number of nitrogens with two attached hydrogens (primary N) is 1. The van der Waals surface area contributed by atoms with Crippen LogP contribution in [0, 0.1) is 12.7 Å². The van der Waals surface area contributed by atoms with Gasteiger partial charge in [0.1, 0.15) is 5.82 Å². The van der Waals surface area contributed by atoms with E-state index in [1.54, 1.807) is 13.0 Å². The Bertz CT molecular complexity index is 666. The molecule has 3 rings (SSSR count). The van der Waals surface area contributed by atoms with Gasteiger partial charge < -0.3 is 15.2 Å². The molecule has 0 amide bonds. The molecule has 0 unspecified atom stereocenters. The second-order valence-electron chi connectivity index (χ2n) is 5.42. The molecule has 1 aliphatic heterocycles. The van der Waals surface area contributed by atoms with Crippen LogP contribution in [0.1, 0.15) is 5.56 Å². The molecule has 0 atom stereocenters. The largest absolute Gasteiger partial charge is 0.351 e. The van der Waals surface area contributed by atoms with Crippen molar-refractivity contribution >= 4 is 22.7 Å². The van der Waals surface area contributed by atoms with Crippen LogP contribution in [0.25, 0.3) is 11.0 Å². The maximum atomic E-state index is 13.7. The highest BCUT2D eigenvalue weighted by atomic mass is 19.1. The van der Waals surface area contributed by atoms with E-state index in [1.807, 2.05) is 0 Å². The predicted molar refractivity (Wildman–Crippen MR) is 81.8 cm³/mol. The molecular weight excluding hydrogens is 271 g/mol. The van der Waals surface area contributed by atoms with Gasteiger partial charge in [-0.3, -0.25) is 0 Å². The van der Waals surface area contributed by atoms with Crippen molar-refractivity contribution in [3.8, 4) is 0 Å². The van der Waals surface area contributed by atoms with Crippen molar-refractivity contribution in [1.29, 1.82) is 0 Å². The quantitative estimate of drug-likeness (QED) is 0.638. The molecule has 1 aromatic carbocycles.